The van der Waals surface area contributed by atoms with Crippen molar-refractivity contribution in [3.05, 3.63) is 47.2 Å². The number of aliphatic carboxylic acids is 1. The van der Waals surface area contributed by atoms with E-state index < -0.39 is 5.97 Å². The first-order valence-electron chi connectivity index (χ1n) is 4.32. The van der Waals surface area contributed by atoms with Crippen molar-refractivity contribution in [1.29, 1.82) is 0 Å². The molecule has 0 aromatic rings. The SMILES string of the molecule is O=C(O)C1=CC=C2N=CC=CC=C2C1. The summed E-state index contributed by atoms with van der Waals surface area (Å²) >= 11 is 0. The summed E-state index contributed by atoms with van der Waals surface area (Å²) in [6, 6.07) is 0. The first kappa shape index (κ1) is 8.69. The monoisotopic (exact) mass is 187 g/mol. The maximum absolute atomic E-state index is 10.7. The van der Waals surface area contributed by atoms with Crippen molar-refractivity contribution in [3.8, 4) is 0 Å². The lowest BCUT2D eigenvalue weighted by molar-refractivity contribution is -0.132. The minimum Gasteiger partial charge on any atom is -0.478 e. The van der Waals surface area contributed by atoms with E-state index in [2.05, 4.69) is 4.99 Å². The first-order valence-corrected chi connectivity index (χ1v) is 4.32. The lowest BCUT2D eigenvalue weighted by atomic mass is 9.97. The van der Waals surface area contributed by atoms with Gasteiger partial charge in [0.25, 0.3) is 0 Å². The molecule has 0 aromatic heterocycles. The topological polar surface area (TPSA) is 49.7 Å². The molecule has 0 saturated carbocycles. The van der Waals surface area contributed by atoms with Crippen LogP contribution in [0.2, 0.25) is 0 Å². The zero-order chi connectivity index (χ0) is 9.97. The molecule has 14 heavy (non-hydrogen) atoms. The Balaban J connectivity index is 2.38. The van der Waals surface area contributed by atoms with E-state index in [1.165, 1.54) is 0 Å². The molecule has 0 atom stereocenters. The predicted molar refractivity (Wildman–Crippen MR) is 54.1 cm³/mol. The maximum Gasteiger partial charge on any atom is 0.331 e. The second-order valence-electron chi connectivity index (χ2n) is 3.08. The Kier molecular flexibility index (Phi) is 2.14. The van der Waals surface area contributed by atoms with Gasteiger partial charge >= 0.3 is 5.97 Å². The van der Waals surface area contributed by atoms with Gasteiger partial charge in [-0.3, -0.25) is 4.99 Å². The smallest absolute Gasteiger partial charge is 0.331 e. The molecule has 0 bridgehead atoms. The largest absolute Gasteiger partial charge is 0.478 e. The molecule has 2 aliphatic rings. The molecule has 3 heteroatoms. The number of rotatable bonds is 1. The predicted octanol–water partition coefficient (Wildman–Crippen LogP) is 1.85. The van der Waals surface area contributed by atoms with Gasteiger partial charge in [0.1, 0.15) is 0 Å². The van der Waals surface area contributed by atoms with Gasteiger partial charge in [0.2, 0.25) is 0 Å². The van der Waals surface area contributed by atoms with Crippen LogP contribution in [0.3, 0.4) is 0 Å². The quantitative estimate of drug-likeness (QED) is 0.681. The van der Waals surface area contributed by atoms with Crippen LogP contribution >= 0.6 is 0 Å². The summed E-state index contributed by atoms with van der Waals surface area (Å²) in [5.41, 5.74) is 2.21. The third kappa shape index (κ3) is 1.57. The van der Waals surface area contributed by atoms with Crippen LogP contribution in [0.1, 0.15) is 6.42 Å². The van der Waals surface area contributed by atoms with Crippen molar-refractivity contribution in [1.82, 2.24) is 0 Å². The molecule has 3 nitrogen and oxygen atoms in total. The molecule has 0 amide bonds. The number of carbonyl (C=O) groups is 1. The van der Waals surface area contributed by atoms with Crippen molar-refractivity contribution in [2.75, 3.05) is 0 Å². The summed E-state index contributed by atoms with van der Waals surface area (Å²) in [5.74, 6) is -0.863. The minimum absolute atomic E-state index is 0.408. The average Bonchev–Trinajstić information content (AvgIpc) is 2.41. The van der Waals surface area contributed by atoms with Crippen LogP contribution in [0.25, 0.3) is 0 Å². The van der Waals surface area contributed by atoms with Gasteiger partial charge in [-0.25, -0.2) is 4.79 Å². The lowest BCUT2D eigenvalue weighted by Crippen LogP contribution is -2.05. The fourth-order valence-electron chi connectivity index (χ4n) is 1.40. The van der Waals surface area contributed by atoms with E-state index >= 15 is 0 Å². The standard InChI is InChI=1S/C11H9NO2/c13-11(14)9-4-5-10-8(7-9)3-1-2-6-12-10/h1-6H,7H2,(H,13,14). The number of allylic oxidation sites excluding steroid dienone is 6. The lowest BCUT2D eigenvalue weighted by Gasteiger charge is -2.11. The Morgan fingerprint density at radius 2 is 2.14 bits per heavy atom. The van der Waals surface area contributed by atoms with Gasteiger partial charge in [-0.1, -0.05) is 12.2 Å². The molecule has 0 spiro atoms. The third-order valence-corrected chi connectivity index (χ3v) is 2.14. The van der Waals surface area contributed by atoms with E-state index in [0.29, 0.717) is 12.0 Å². The molecule has 0 unspecified atom stereocenters. The van der Waals surface area contributed by atoms with E-state index in [1.54, 1.807) is 18.4 Å². The Hall–Kier alpha value is -1.90. The van der Waals surface area contributed by atoms with E-state index in [-0.39, 0.29) is 0 Å². The second-order valence-corrected chi connectivity index (χ2v) is 3.08. The maximum atomic E-state index is 10.7. The van der Waals surface area contributed by atoms with Crippen LogP contribution in [0.5, 0.6) is 0 Å². The number of hydrogen-bond acceptors (Lipinski definition) is 2. The Labute approximate surface area is 81.5 Å². The van der Waals surface area contributed by atoms with Gasteiger partial charge in [0.05, 0.1) is 5.70 Å². The fourth-order valence-corrected chi connectivity index (χ4v) is 1.40. The summed E-state index contributed by atoms with van der Waals surface area (Å²) in [4.78, 5) is 14.9. The minimum atomic E-state index is -0.863. The van der Waals surface area contributed by atoms with Gasteiger partial charge < -0.3 is 5.11 Å². The molecule has 2 rings (SSSR count). The molecule has 0 fully saturated rings. The Morgan fingerprint density at radius 1 is 1.29 bits per heavy atom. The van der Waals surface area contributed by atoms with Gasteiger partial charge in [-0.15, -0.1) is 0 Å². The third-order valence-electron chi connectivity index (χ3n) is 2.14. The molecule has 70 valence electrons. The number of fused-ring (bicyclic) bond motifs is 1. The number of carboxylic acid groups (broad SMARTS) is 1. The van der Waals surface area contributed by atoms with Crippen LogP contribution < -0.4 is 0 Å². The number of hydrogen-bond donors (Lipinski definition) is 1. The van der Waals surface area contributed by atoms with Crippen molar-refractivity contribution in [2.45, 2.75) is 6.42 Å². The Bertz CT molecular complexity index is 423. The van der Waals surface area contributed by atoms with Crippen molar-refractivity contribution in [3.63, 3.8) is 0 Å². The molecule has 1 aliphatic heterocycles. The molecular formula is C11H9NO2. The highest BCUT2D eigenvalue weighted by Gasteiger charge is 2.16. The summed E-state index contributed by atoms with van der Waals surface area (Å²) < 4.78 is 0. The molecule has 0 radical (unpaired) electrons. The molecule has 1 N–H and O–H groups in total. The van der Waals surface area contributed by atoms with Gasteiger partial charge in [-0.2, -0.15) is 0 Å². The number of aliphatic imine (C=N–C) groups is 1. The van der Waals surface area contributed by atoms with Crippen molar-refractivity contribution in [2.24, 2.45) is 4.99 Å². The van der Waals surface area contributed by atoms with Gasteiger partial charge in [-0.05, 0) is 23.8 Å². The van der Waals surface area contributed by atoms with E-state index in [1.807, 2.05) is 18.2 Å². The summed E-state index contributed by atoms with van der Waals surface area (Å²) in [5, 5.41) is 8.82. The normalized spacial score (nSPS) is 19.0. The van der Waals surface area contributed by atoms with E-state index in [9.17, 15) is 4.79 Å². The summed E-state index contributed by atoms with van der Waals surface area (Å²) in [6.07, 6.45) is 11.1. The second kappa shape index (κ2) is 3.46. The summed E-state index contributed by atoms with van der Waals surface area (Å²) in [7, 11) is 0. The highest BCUT2D eigenvalue weighted by atomic mass is 16.4. The fraction of sp³-hybridized carbons (Fsp3) is 0.0909. The Morgan fingerprint density at radius 3 is 2.93 bits per heavy atom. The molecule has 0 saturated heterocycles. The van der Waals surface area contributed by atoms with Crippen LogP contribution in [0.4, 0.5) is 0 Å². The molecule has 1 aliphatic carbocycles. The van der Waals surface area contributed by atoms with Crippen LogP contribution in [0.15, 0.2) is 52.2 Å². The average molecular weight is 187 g/mol. The molecule has 1 heterocycles. The van der Waals surface area contributed by atoms with Gasteiger partial charge in [0, 0.05) is 18.2 Å². The summed E-state index contributed by atoms with van der Waals surface area (Å²) in [6.45, 7) is 0. The zero-order valence-electron chi connectivity index (χ0n) is 7.47. The molecule has 0 aromatic carbocycles. The number of carboxylic acids is 1. The first-order chi connectivity index (χ1) is 6.77. The van der Waals surface area contributed by atoms with E-state index in [0.717, 1.165) is 11.3 Å². The van der Waals surface area contributed by atoms with E-state index in [4.69, 9.17) is 5.11 Å². The van der Waals surface area contributed by atoms with Crippen molar-refractivity contribution >= 4 is 12.2 Å². The number of nitrogens with zero attached hydrogens (tertiary/aromatic N) is 1. The zero-order valence-corrected chi connectivity index (χ0v) is 7.47. The highest BCUT2D eigenvalue weighted by Crippen LogP contribution is 2.26. The van der Waals surface area contributed by atoms with Crippen LogP contribution in [0, 0.1) is 0 Å². The van der Waals surface area contributed by atoms with Gasteiger partial charge in [0.15, 0.2) is 0 Å². The van der Waals surface area contributed by atoms with Crippen LogP contribution in [-0.2, 0) is 4.79 Å². The highest BCUT2D eigenvalue weighted by molar-refractivity contribution is 5.89. The van der Waals surface area contributed by atoms with Crippen LogP contribution in [-0.4, -0.2) is 17.3 Å². The molecular weight excluding hydrogens is 178 g/mol. The van der Waals surface area contributed by atoms with Crippen molar-refractivity contribution < 1.29 is 9.90 Å².